The number of hydrogen-bond acceptors (Lipinski definition) is 5. The quantitative estimate of drug-likeness (QED) is 0.940. The van der Waals surface area contributed by atoms with Crippen molar-refractivity contribution in [3.63, 3.8) is 0 Å². The van der Waals surface area contributed by atoms with E-state index in [4.69, 9.17) is 4.74 Å². The van der Waals surface area contributed by atoms with Gasteiger partial charge >= 0.3 is 6.29 Å². The third kappa shape index (κ3) is 2.45. The first-order valence-electron chi connectivity index (χ1n) is 6.85. The van der Waals surface area contributed by atoms with Gasteiger partial charge in [-0.2, -0.15) is 5.10 Å². The summed E-state index contributed by atoms with van der Waals surface area (Å²) in [4.78, 5) is 0. The van der Waals surface area contributed by atoms with Gasteiger partial charge in [0.05, 0.1) is 19.3 Å². The van der Waals surface area contributed by atoms with Crippen molar-refractivity contribution >= 4 is 5.82 Å². The molecule has 0 atom stereocenters. The molecular weight excluding hydrogens is 296 g/mol. The molecule has 2 aromatic rings. The molecule has 6 nitrogen and oxygen atoms in total. The van der Waals surface area contributed by atoms with Crippen LogP contribution < -0.4 is 14.8 Å². The Kier molecular flexibility index (Phi) is 2.93. The molecule has 0 saturated carbocycles. The number of halogens is 2. The van der Waals surface area contributed by atoms with E-state index < -0.39 is 6.29 Å². The van der Waals surface area contributed by atoms with Crippen LogP contribution in [0.15, 0.2) is 30.5 Å². The van der Waals surface area contributed by atoms with Crippen molar-refractivity contribution in [1.29, 1.82) is 0 Å². The van der Waals surface area contributed by atoms with Crippen LogP contribution in [-0.2, 0) is 11.3 Å². The molecule has 1 fully saturated rings. The van der Waals surface area contributed by atoms with Gasteiger partial charge in [0, 0.05) is 18.8 Å². The number of ether oxygens (including phenoxy) is 3. The summed E-state index contributed by atoms with van der Waals surface area (Å²) in [5.41, 5.74) is 0.793. The molecule has 22 heavy (non-hydrogen) atoms. The minimum atomic E-state index is -3.59. The van der Waals surface area contributed by atoms with Gasteiger partial charge in [-0.1, -0.05) is 6.07 Å². The van der Waals surface area contributed by atoms with Gasteiger partial charge in [0.25, 0.3) is 0 Å². The molecule has 2 aliphatic rings. The van der Waals surface area contributed by atoms with E-state index in [0.29, 0.717) is 25.8 Å². The maximum atomic E-state index is 13.0. The standard InChI is InChI=1S/C14H13F2N3O3/c15-14(16)21-11-2-1-9(5-12(11)22-14)6-17-13-3-4-19(18-13)10-7-20-8-10/h1-5,10H,6-8H2,(H,17,18). The Bertz CT molecular complexity index is 700. The lowest BCUT2D eigenvalue weighted by Gasteiger charge is -2.25. The number of benzene rings is 1. The Hall–Kier alpha value is -2.35. The van der Waals surface area contributed by atoms with Crippen LogP contribution in [-0.4, -0.2) is 29.3 Å². The van der Waals surface area contributed by atoms with E-state index in [0.717, 1.165) is 11.4 Å². The van der Waals surface area contributed by atoms with Crippen molar-refractivity contribution in [2.45, 2.75) is 18.9 Å². The van der Waals surface area contributed by atoms with Crippen LogP contribution >= 0.6 is 0 Å². The second-order valence-corrected chi connectivity index (χ2v) is 5.17. The summed E-state index contributed by atoms with van der Waals surface area (Å²) in [6.07, 6.45) is -1.70. The van der Waals surface area contributed by atoms with E-state index in [1.807, 2.05) is 16.9 Å². The van der Waals surface area contributed by atoms with Crippen LogP contribution in [0.3, 0.4) is 0 Å². The van der Waals surface area contributed by atoms with Crippen LogP contribution in [0, 0.1) is 0 Å². The highest BCUT2D eigenvalue weighted by atomic mass is 19.3. The second kappa shape index (κ2) is 4.84. The highest BCUT2D eigenvalue weighted by Crippen LogP contribution is 2.41. The van der Waals surface area contributed by atoms with Gasteiger partial charge in [0.15, 0.2) is 11.5 Å². The van der Waals surface area contributed by atoms with Gasteiger partial charge in [0.1, 0.15) is 5.82 Å². The Labute approximate surface area is 124 Å². The molecule has 0 amide bonds. The Balaban J connectivity index is 1.41. The summed E-state index contributed by atoms with van der Waals surface area (Å²) in [5.74, 6) is 0.805. The normalized spacial score (nSPS) is 19.0. The molecule has 3 heterocycles. The number of nitrogens with one attached hydrogen (secondary N) is 1. The fourth-order valence-electron chi connectivity index (χ4n) is 2.31. The molecule has 1 saturated heterocycles. The van der Waals surface area contributed by atoms with Crippen LogP contribution in [0.2, 0.25) is 0 Å². The lowest BCUT2D eigenvalue weighted by atomic mass is 10.2. The van der Waals surface area contributed by atoms with Crippen LogP contribution in [0.25, 0.3) is 0 Å². The summed E-state index contributed by atoms with van der Waals surface area (Å²) in [6.45, 7) is 1.80. The van der Waals surface area contributed by atoms with E-state index in [1.165, 1.54) is 12.1 Å². The predicted octanol–water partition coefficient (Wildman–Crippen LogP) is 2.39. The maximum absolute atomic E-state index is 13.0. The largest absolute Gasteiger partial charge is 0.586 e. The van der Waals surface area contributed by atoms with E-state index in [9.17, 15) is 8.78 Å². The van der Waals surface area contributed by atoms with Gasteiger partial charge in [-0.05, 0) is 17.7 Å². The average Bonchev–Trinajstić information content (AvgIpc) is 2.96. The zero-order valence-corrected chi connectivity index (χ0v) is 11.5. The molecule has 0 spiro atoms. The van der Waals surface area contributed by atoms with Crippen molar-refractivity contribution in [2.24, 2.45) is 0 Å². The molecule has 1 aromatic carbocycles. The summed E-state index contributed by atoms with van der Waals surface area (Å²) < 4.78 is 41.7. The highest BCUT2D eigenvalue weighted by Gasteiger charge is 2.43. The van der Waals surface area contributed by atoms with Gasteiger partial charge in [-0.25, -0.2) is 0 Å². The zero-order chi connectivity index (χ0) is 15.2. The molecule has 0 unspecified atom stereocenters. The van der Waals surface area contributed by atoms with E-state index in [2.05, 4.69) is 19.9 Å². The minimum absolute atomic E-state index is 0.0430. The molecule has 116 valence electrons. The monoisotopic (exact) mass is 309 g/mol. The SMILES string of the molecule is FC1(F)Oc2ccc(CNc3ccn(C4COC4)n3)cc2O1. The molecule has 0 aliphatic carbocycles. The Morgan fingerprint density at radius 1 is 1.23 bits per heavy atom. The zero-order valence-electron chi connectivity index (χ0n) is 11.5. The highest BCUT2D eigenvalue weighted by molar-refractivity contribution is 5.46. The summed E-state index contributed by atoms with van der Waals surface area (Å²) in [7, 11) is 0. The molecule has 2 aliphatic heterocycles. The van der Waals surface area contributed by atoms with E-state index in [-0.39, 0.29) is 11.5 Å². The van der Waals surface area contributed by atoms with E-state index >= 15 is 0 Å². The number of anilines is 1. The second-order valence-electron chi connectivity index (χ2n) is 5.17. The molecule has 1 aromatic heterocycles. The first-order valence-corrected chi connectivity index (χ1v) is 6.85. The van der Waals surface area contributed by atoms with E-state index in [1.54, 1.807) is 6.07 Å². The van der Waals surface area contributed by atoms with Gasteiger partial charge < -0.3 is 19.5 Å². The minimum Gasteiger partial charge on any atom is -0.395 e. The summed E-state index contributed by atoms with van der Waals surface area (Å²) >= 11 is 0. The van der Waals surface area contributed by atoms with Crippen LogP contribution in [0.5, 0.6) is 11.5 Å². The predicted molar refractivity (Wildman–Crippen MR) is 72.1 cm³/mol. The molecule has 4 rings (SSSR count). The fraction of sp³-hybridized carbons (Fsp3) is 0.357. The first-order chi connectivity index (χ1) is 10.6. The number of hydrogen-bond donors (Lipinski definition) is 1. The lowest BCUT2D eigenvalue weighted by Crippen LogP contribution is -2.30. The number of rotatable bonds is 4. The van der Waals surface area contributed by atoms with Crippen molar-refractivity contribution in [3.8, 4) is 11.5 Å². The van der Waals surface area contributed by atoms with Gasteiger partial charge in [-0.3, -0.25) is 4.68 Å². The average molecular weight is 309 g/mol. The smallest absolute Gasteiger partial charge is 0.395 e. The van der Waals surface area contributed by atoms with Crippen molar-refractivity contribution < 1.29 is 23.0 Å². The van der Waals surface area contributed by atoms with Crippen molar-refractivity contribution in [3.05, 3.63) is 36.0 Å². The topological polar surface area (TPSA) is 57.5 Å². The number of aromatic nitrogens is 2. The first kappa shape index (κ1) is 13.3. The summed E-state index contributed by atoms with van der Waals surface area (Å²) in [5, 5.41) is 7.53. The molecule has 0 radical (unpaired) electrons. The molecule has 1 N–H and O–H groups in total. The Morgan fingerprint density at radius 2 is 2.05 bits per heavy atom. The number of fused-ring (bicyclic) bond motifs is 1. The molecule has 0 bridgehead atoms. The Morgan fingerprint density at radius 3 is 2.82 bits per heavy atom. The van der Waals surface area contributed by atoms with Gasteiger partial charge in [-0.15, -0.1) is 8.78 Å². The molecular formula is C14H13F2N3O3. The maximum Gasteiger partial charge on any atom is 0.586 e. The van der Waals surface area contributed by atoms with Crippen molar-refractivity contribution in [1.82, 2.24) is 9.78 Å². The number of nitrogens with zero attached hydrogens (tertiary/aromatic N) is 2. The third-order valence-corrected chi connectivity index (χ3v) is 3.54. The number of alkyl halides is 2. The van der Waals surface area contributed by atoms with Crippen molar-refractivity contribution in [2.75, 3.05) is 18.5 Å². The lowest BCUT2D eigenvalue weighted by molar-refractivity contribution is -0.286. The van der Waals surface area contributed by atoms with Gasteiger partial charge in [0.2, 0.25) is 0 Å². The third-order valence-electron chi connectivity index (χ3n) is 3.54. The molecule has 8 heteroatoms. The van der Waals surface area contributed by atoms with Crippen LogP contribution in [0.4, 0.5) is 14.6 Å². The fourth-order valence-corrected chi connectivity index (χ4v) is 2.31. The summed E-state index contributed by atoms with van der Waals surface area (Å²) in [6, 6.07) is 6.85. The van der Waals surface area contributed by atoms with Crippen LogP contribution in [0.1, 0.15) is 11.6 Å².